The van der Waals surface area contributed by atoms with Crippen LogP contribution in [0.15, 0.2) is 36.5 Å². The Morgan fingerprint density at radius 2 is 2.20 bits per heavy atom. The lowest BCUT2D eigenvalue weighted by molar-refractivity contribution is 0.0951. The number of pyridine rings is 1. The number of carbonyl (C=O) groups excluding carboxylic acids is 1. The molecule has 0 saturated carbocycles. The summed E-state index contributed by atoms with van der Waals surface area (Å²) >= 11 is 5.88. The third kappa shape index (κ3) is 3.27. The summed E-state index contributed by atoms with van der Waals surface area (Å²) in [5.41, 5.74) is 8.55. The highest BCUT2D eigenvalue weighted by Crippen LogP contribution is 2.18. The Kier molecular flexibility index (Phi) is 4.58. The van der Waals surface area contributed by atoms with E-state index < -0.39 is 0 Å². The minimum absolute atomic E-state index is 0.252. The number of anilines is 1. The molecule has 0 aliphatic heterocycles. The van der Waals surface area contributed by atoms with Crippen molar-refractivity contribution in [3.63, 3.8) is 0 Å². The van der Waals surface area contributed by atoms with Gasteiger partial charge in [0.05, 0.1) is 17.8 Å². The first-order valence-corrected chi connectivity index (χ1v) is 6.75. The fraction of sp³-hybridized carbons (Fsp3) is 0.200. The molecule has 1 aromatic heterocycles. The van der Waals surface area contributed by atoms with Gasteiger partial charge >= 0.3 is 0 Å². The summed E-state index contributed by atoms with van der Waals surface area (Å²) in [5, 5.41) is 3.30. The van der Waals surface area contributed by atoms with Gasteiger partial charge < -0.3 is 11.1 Å². The first-order chi connectivity index (χ1) is 9.61. The van der Waals surface area contributed by atoms with Crippen LogP contribution in [0.2, 0.25) is 5.02 Å². The number of carbonyl (C=O) groups is 1. The van der Waals surface area contributed by atoms with Gasteiger partial charge in [0.15, 0.2) is 0 Å². The summed E-state index contributed by atoms with van der Waals surface area (Å²) in [6, 6.07) is 8.73. The Bertz CT molecular complexity index is 628. The van der Waals surface area contributed by atoms with Crippen molar-refractivity contribution in [3.8, 4) is 0 Å². The summed E-state index contributed by atoms with van der Waals surface area (Å²) in [5.74, 6) is -0.252. The van der Waals surface area contributed by atoms with Crippen molar-refractivity contribution in [2.24, 2.45) is 0 Å². The van der Waals surface area contributed by atoms with Crippen molar-refractivity contribution in [3.05, 3.63) is 58.4 Å². The summed E-state index contributed by atoms with van der Waals surface area (Å²) < 4.78 is 0. The third-order valence-electron chi connectivity index (χ3n) is 3.04. The van der Waals surface area contributed by atoms with Crippen molar-refractivity contribution in [1.82, 2.24) is 10.3 Å². The molecule has 2 aromatic rings. The van der Waals surface area contributed by atoms with Crippen molar-refractivity contribution >= 4 is 23.2 Å². The number of rotatable bonds is 4. The SMILES string of the molecule is CCc1cccnc1CNC(=O)c1cc(Cl)ccc1N. The van der Waals surface area contributed by atoms with E-state index in [0.717, 1.165) is 17.7 Å². The van der Waals surface area contributed by atoms with Crippen molar-refractivity contribution in [2.75, 3.05) is 5.73 Å². The number of hydrogen-bond acceptors (Lipinski definition) is 3. The van der Waals surface area contributed by atoms with E-state index in [0.29, 0.717) is 22.8 Å². The number of nitrogens with one attached hydrogen (secondary N) is 1. The summed E-state index contributed by atoms with van der Waals surface area (Å²) in [6.07, 6.45) is 2.59. The maximum absolute atomic E-state index is 12.1. The van der Waals surface area contributed by atoms with Crippen molar-refractivity contribution in [1.29, 1.82) is 0 Å². The molecule has 3 N–H and O–H groups in total. The topological polar surface area (TPSA) is 68.0 Å². The third-order valence-corrected chi connectivity index (χ3v) is 3.28. The second kappa shape index (κ2) is 6.39. The van der Waals surface area contributed by atoms with E-state index in [-0.39, 0.29) is 5.91 Å². The molecule has 2 rings (SSSR count). The van der Waals surface area contributed by atoms with Gasteiger partial charge in [-0.05, 0) is 36.2 Å². The van der Waals surface area contributed by atoms with Gasteiger partial charge in [-0.15, -0.1) is 0 Å². The molecular weight excluding hydrogens is 274 g/mol. The number of hydrogen-bond donors (Lipinski definition) is 2. The van der Waals surface area contributed by atoms with Gasteiger partial charge in [-0.25, -0.2) is 0 Å². The van der Waals surface area contributed by atoms with Crippen LogP contribution < -0.4 is 11.1 Å². The lowest BCUT2D eigenvalue weighted by atomic mass is 10.1. The van der Waals surface area contributed by atoms with Crippen molar-refractivity contribution < 1.29 is 4.79 Å². The molecule has 0 bridgehead atoms. The van der Waals surface area contributed by atoms with E-state index in [1.165, 1.54) is 0 Å². The minimum atomic E-state index is -0.252. The number of nitrogens with zero attached hydrogens (tertiary/aromatic N) is 1. The molecule has 1 aromatic carbocycles. The van der Waals surface area contributed by atoms with E-state index in [9.17, 15) is 4.79 Å². The summed E-state index contributed by atoms with van der Waals surface area (Å²) in [4.78, 5) is 16.4. The van der Waals surface area contributed by atoms with Crippen LogP contribution in [-0.4, -0.2) is 10.9 Å². The quantitative estimate of drug-likeness (QED) is 0.851. The number of halogens is 1. The molecule has 4 nitrogen and oxygen atoms in total. The molecule has 0 saturated heterocycles. The fourth-order valence-electron chi connectivity index (χ4n) is 1.94. The molecule has 20 heavy (non-hydrogen) atoms. The summed E-state index contributed by atoms with van der Waals surface area (Å²) in [7, 11) is 0. The first-order valence-electron chi connectivity index (χ1n) is 6.37. The van der Waals surface area contributed by atoms with Crippen LogP contribution in [0.25, 0.3) is 0 Å². The average Bonchev–Trinajstić information content (AvgIpc) is 2.47. The minimum Gasteiger partial charge on any atom is -0.398 e. The molecule has 1 amide bonds. The standard InChI is InChI=1S/C15H16ClN3O/c1-2-10-4-3-7-18-14(10)9-19-15(20)12-8-11(16)5-6-13(12)17/h3-8H,2,9,17H2,1H3,(H,19,20). The van der Waals surface area contributed by atoms with E-state index >= 15 is 0 Å². The zero-order valence-corrected chi connectivity index (χ0v) is 11.9. The van der Waals surface area contributed by atoms with Gasteiger partial charge in [0.2, 0.25) is 0 Å². The molecule has 1 heterocycles. The van der Waals surface area contributed by atoms with Gasteiger partial charge in [0.25, 0.3) is 5.91 Å². The highest BCUT2D eigenvalue weighted by atomic mass is 35.5. The largest absolute Gasteiger partial charge is 0.398 e. The average molecular weight is 290 g/mol. The molecule has 0 radical (unpaired) electrons. The second-order valence-electron chi connectivity index (χ2n) is 4.38. The summed E-state index contributed by atoms with van der Waals surface area (Å²) in [6.45, 7) is 2.42. The van der Waals surface area contributed by atoms with Crippen LogP contribution >= 0.6 is 11.6 Å². The molecule has 0 unspecified atom stereocenters. The molecule has 5 heteroatoms. The van der Waals surface area contributed by atoms with Gasteiger partial charge in [0.1, 0.15) is 0 Å². The lowest BCUT2D eigenvalue weighted by Crippen LogP contribution is -2.24. The number of nitrogen functional groups attached to an aromatic ring is 1. The fourth-order valence-corrected chi connectivity index (χ4v) is 2.11. The van der Waals surface area contributed by atoms with E-state index in [1.807, 2.05) is 12.1 Å². The Labute approximate surface area is 123 Å². The number of nitrogens with two attached hydrogens (primary N) is 1. The number of benzene rings is 1. The lowest BCUT2D eigenvalue weighted by Gasteiger charge is -2.10. The smallest absolute Gasteiger partial charge is 0.253 e. The predicted molar refractivity (Wildman–Crippen MR) is 80.6 cm³/mol. The molecule has 104 valence electrons. The molecule has 0 aliphatic rings. The monoisotopic (exact) mass is 289 g/mol. The first kappa shape index (κ1) is 14.3. The molecule has 0 spiro atoms. The Hall–Kier alpha value is -2.07. The van der Waals surface area contributed by atoms with Crippen LogP contribution in [0.5, 0.6) is 0 Å². The second-order valence-corrected chi connectivity index (χ2v) is 4.81. The maximum Gasteiger partial charge on any atom is 0.253 e. The Morgan fingerprint density at radius 1 is 1.40 bits per heavy atom. The van der Waals surface area contributed by atoms with Gasteiger partial charge in [-0.3, -0.25) is 9.78 Å². The molecule has 0 atom stereocenters. The number of amides is 1. The molecule has 0 fully saturated rings. The zero-order valence-electron chi connectivity index (χ0n) is 11.2. The number of aromatic nitrogens is 1. The maximum atomic E-state index is 12.1. The molecule has 0 aliphatic carbocycles. The van der Waals surface area contributed by atoms with Gasteiger partial charge in [0, 0.05) is 16.9 Å². The van der Waals surface area contributed by atoms with E-state index in [2.05, 4.69) is 17.2 Å². The highest BCUT2D eigenvalue weighted by Gasteiger charge is 2.11. The van der Waals surface area contributed by atoms with Crippen LogP contribution in [0.1, 0.15) is 28.5 Å². The van der Waals surface area contributed by atoms with Crippen LogP contribution in [0.3, 0.4) is 0 Å². The van der Waals surface area contributed by atoms with E-state index in [1.54, 1.807) is 24.4 Å². The Morgan fingerprint density at radius 3 is 2.95 bits per heavy atom. The van der Waals surface area contributed by atoms with Crippen LogP contribution in [0.4, 0.5) is 5.69 Å². The van der Waals surface area contributed by atoms with E-state index in [4.69, 9.17) is 17.3 Å². The van der Waals surface area contributed by atoms with Gasteiger partial charge in [-0.2, -0.15) is 0 Å². The predicted octanol–water partition coefficient (Wildman–Crippen LogP) is 2.81. The zero-order chi connectivity index (χ0) is 14.5. The van der Waals surface area contributed by atoms with Crippen LogP contribution in [0, 0.1) is 0 Å². The van der Waals surface area contributed by atoms with Gasteiger partial charge in [-0.1, -0.05) is 24.6 Å². The Balaban J connectivity index is 2.11. The number of aryl methyl sites for hydroxylation is 1. The molecular formula is C15H16ClN3O. The highest BCUT2D eigenvalue weighted by molar-refractivity contribution is 6.31. The van der Waals surface area contributed by atoms with Crippen LogP contribution in [-0.2, 0) is 13.0 Å². The normalized spacial score (nSPS) is 10.3. The van der Waals surface area contributed by atoms with Crippen molar-refractivity contribution in [2.45, 2.75) is 19.9 Å².